The third-order valence-corrected chi connectivity index (χ3v) is 6.70. The van der Waals surface area contributed by atoms with Crippen molar-refractivity contribution in [3.8, 4) is 5.69 Å². The average molecular weight is 583 g/mol. The number of nitrogens with zero attached hydrogens (tertiary/aromatic N) is 4. The third-order valence-electron chi connectivity index (χ3n) is 6.70. The zero-order valence-corrected chi connectivity index (χ0v) is 25.2. The topological polar surface area (TPSA) is 173 Å². The van der Waals surface area contributed by atoms with Crippen LogP contribution in [-0.4, -0.2) is 70.0 Å². The number of hydrogen-bond acceptors (Lipinski definition) is 7. The van der Waals surface area contributed by atoms with Gasteiger partial charge in [0.1, 0.15) is 0 Å². The molecule has 1 aromatic heterocycles. The molecular weight excluding hydrogens is 536 g/mol. The molecule has 12 heteroatoms. The van der Waals surface area contributed by atoms with Crippen LogP contribution < -0.4 is 21.7 Å². The molecule has 12 nitrogen and oxygen atoms in total. The minimum atomic E-state index is -0.578. The Morgan fingerprint density at radius 2 is 1.67 bits per heavy atom. The number of aryl methyl sites for hydroxylation is 1. The average Bonchev–Trinajstić information content (AvgIpc) is 3.45. The fourth-order valence-corrected chi connectivity index (χ4v) is 4.15. The number of aliphatic imine (C=N–C) groups is 1. The molecule has 0 saturated carbocycles. The molecule has 0 fully saturated rings. The number of amides is 3. The van der Waals surface area contributed by atoms with Gasteiger partial charge in [0.05, 0.1) is 29.5 Å². The van der Waals surface area contributed by atoms with E-state index < -0.39 is 6.04 Å². The van der Waals surface area contributed by atoms with Gasteiger partial charge in [0, 0.05) is 45.0 Å². The molecule has 230 valence electrons. The highest BCUT2D eigenvalue weighted by atomic mass is 16.2. The van der Waals surface area contributed by atoms with Crippen LogP contribution >= 0.6 is 0 Å². The van der Waals surface area contributed by atoms with Crippen molar-refractivity contribution in [2.24, 2.45) is 10.7 Å². The molecule has 5 N–H and O–H groups in total. The first-order valence-corrected chi connectivity index (χ1v) is 14.8. The summed E-state index contributed by atoms with van der Waals surface area (Å²) in [5.41, 5.74) is 7.75. The largest absolute Gasteiger partial charge is 0.387 e. The second-order valence-electron chi connectivity index (χ2n) is 10.3. The smallest absolute Gasteiger partial charge is 0.251 e. The molecule has 0 aliphatic carbocycles. The van der Waals surface area contributed by atoms with Gasteiger partial charge in [0.25, 0.3) is 5.91 Å². The van der Waals surface area contributed by atoms with E-state index >= 15 is 0 Å². The van der Waals surface area contributed by atoms with Crippen LogP contribution in [0.1, 0.15) is 94.6 Å². The lowest BCUT2D eigenvalue weighted by Gasteiger charge is -2.15. The Kier molecular flexibility index (Phi) is 15.5. The summed E-state index contributed by atoms with van der Waals surface area (Å²) in [4.78, 5) is 51.9. The number of unbranched alkanes of at least 4 members (excludes halogenated alkanes) is 3. The molecule has 0 spiro atoms. The summed E-state index contributed by atoms with van der Waals surface area (Å²) in [6.45, 7) is 6.75. The lowest BCUT2D eigenvalue weighted by Crippen LogP contribution is -2.39. The molecule has 1 unspecified atom stereocenters. The molecule has 0 saturated heterocycles. The van der Waals surface area contributed by atoms with Crippen LogP contribution in [0, 0.1) is 0 Å². The molecule has 0 bridgehead atoms. The highest BCUT2D eigenvalue weighted by Gasteiger charge is 2.18. The minimum Gasteiger partial charge on any atom is -0.387 e. The number of ketones is 1. The summed E-state index contributed by atoms with van der Waals surface area (Å²) in [5, 5.41) is 16.9. The van der Waals surface area contributed by atoms with Crippen molar-refractivity contribution in [2.75, 3.05) is 19.6 Å². The number of nitrogens with one attached hydrogen (secondary N) is 3. The summed E-state index contributed by atoms with van der Waals surface area (Å²) in [6, 6.07) is 6.37. The molecule has 0 radical (unpaired) electrons. The van der Waals surface area contributed by atoms with E-state index in [1.807, 2.05) is 13.1 Å². The van der Waals surface area contributed by atoms with E-state index in [2.05, 4.69) is 31.3 Å². The van der Waals surface area contributed by atoms with Gasteiger partial charge in [0.2, 0.25) is 11.8 Å². The van der Waals surface area contributed by atoms with Crippen molar-refractivity contribution in [3.05, 3.63) is 41.7 Å². The SMILES string of the molecule is CCC(N)=NCCCC(NC(=O)c1ccc(-n2cc(CCCCC(=O)NCCCCCNC(C)=O)nn2)cc1)C(C)=O. The fraction of sp³-hybridized carbons (Fsp3) is 0.567. The molecule has 0 aliphatic heterocycles. The number of benzene rings is 1. The zero-order chi connectivity index (χ0) is 30.7. The van der Waals surface area contributed by atoms with Crippen molar-refractivity contribution >= 4 is 29.3 Å². The van der Waals surface area contributed by atoms with Gasteiger partial charge in [-0.1, -0.05) is 12.1 Å². The Hall–Kier alpha value is -4.09. The highest BCUT2D eigenvalue weighted by molar-refractivity contribution is 5.97. The molecular formula is C30H46N8O4. The molecule has 1 atom stereocenters. The van der Waals surface area contributed by atoms with Gasteiger partial charge in [-0.2, -0.15) is 0 Å². The first-order chi connectivity index (χ1) is 20.2. The molecule has 1 aromatic carbocycles. The van der Waals surface area contributed by atoms with E-state index in [4.69, 9.17) is 5.73 Å². The van der Waals surface area contributed by atoms with E-state index in [9.17, 15) is 19.2 Å². The van der Waals surface area contributed by atoms with Crippen molar-refractivity contribution in [3.63, 3.8) is 0 Å². The van der Waals surface area contributed by atoms with E-state index in [0.717, 1.165) is 43.5 Å². The van der Waals surface area contributed by atoms with Gasteiger partial charge in [-0.15, -0.1) is 5.10 Å². The maximum absolute atomic E-state index is 12.7. The van der Waals surface area contributed by atoms with E-state index in [1.54, 1.807) is 28.9 Å². The predicted molar refractivity (Wildman–Crippen MR) is 162 cm³/mol. The standard InChI is InChI=1S/C30H46N8O4/c1-4-28(31)33-20-10-12-27(22(2)39)35-30(42)24-14-16-26(17-15-24)38-21-25(36-37-38)11-6-7-13-29(41)34-19-9-5-8-18-32-23(3)40/h14-17,21,27H,4-13,18-20H2,1-3H3,(H2,31,33)(H,32,40)(H,34,41)(H,35,42). The molecule has 2 rings (SSSR count). The van der Waals surface area contributed by atoms with Crippen LogP contribution in [0.25, 0.3) is 5.69 Å². The summed E-state index contributed by atoms with van der Waals surface area (Å²) >= 11 is 0. The molecule has 42 heavy (non-hydrogen) atoms. The number of amidine groups is 1. The number of hydrogen-bond donors (Lipinski definition) is 4. The van der Waals surface area contributed by atoms with Crippen LogP contribution in [0.2, 0.25) is 0 Å². The Morgan fingerprint density at radius 1 is 0.952 bits per heavy atom. The van der Waals surface area contributed by atoms with Crippen LogP contribution in [0.4, 0.5) is 0 Å². The number of aromatic nitrogens is 3. The number of carbonyl (C=O) groups is 4. The predicted octanol–water partition coefficient (Wildman–Crippen LogP) is 2.64. The number of nitrogens with two attached hydrogens (primary N) is 1. The van der Waals surface area contributed by atoms with E-state index in [0.29, 0.717) is 63.1 Å². The highest BCUT2D eigenvalue weighted by Crippen LogP contribution is 2.12. The summed E-state index contributed by atoms with van der Waals surface area (Å²) in [5.74, 6) is 0.191. The molecule has 2 aromatic rings. The lowest BCUT2D eigenvalue weighted by molar-refractivity contribution is -0.121. The Bertz CT molecular complexity index is 1180. The summed E-state index contributed by atoms with van der Waals surface area (Å²) in [7, 11) is 0. The first kappa shape index (κ1) is 34.1. The second-order valence-corrected chi connectivity index (χ2v) is 10.3. The Balaban J connectivity index is 1.71. The van der Waals surface area contributed by atoms with Crippen molar-refractivity contribution in [1.82, 2.24) is 30.9 Å². The third kappa shape index (κ3) is 13.5. The molecule has 0 aliphatic rings. The Labute approximate surface area is 248 Å². The summed E-state index contributed by atoms with van der Waals surface area (Å²) < 4.78 is 1.65. The minimum absolute atomic E-state index is 0.0188. The molecule has 3 amide bonds. The lowest BCUT2D eigenvalue weighted by atomic mass is 10.1. The van der Waals surface area contributed by atoms with E-state index in [1.165, 1.54) is 13.8 Å². The monoisotopic (exact) mass is 582 g/mol. The van der Waals surface area contributed by atoms with Crippen LogP contribution in [0.3, 0.4) is 0 Å². The maximum atomic E-state index is 12.7. The van der Waals surface area contributed by atoms with Crippen LogP contribution in [0.5, 0.6) is 0 Å². The van der Waals surface area contributed by atoms with Gasteiger partial charge in [-0.25, -0.2) is 4.68 Å². The van der Waals surface area contributed by atoms with Gasteiger partial charge in [-0.05, 0) is 82.6 Å². The first-order valence-electron chi connectivity index (χ1n) is 14.8. The zero-order valence-electron chi connectivity index (χ0n) is 25.2. The van der Waals surface area contributed by atoms with Crippen molar-refractivity contribution in [2.45, 2.75) is 91.0 Å². The number of carbonyl (C=O) groups excluding carboxylic acids is 4. The molecule has 1 heterocycles. The van der Waals surface area contributed by atoms with Gasteiger partial charge in [-0.3, -0.25) is 24.2 Å². The quantitative estimate of drug-likeness (QED) is 0.105. The van der Waals surface area contributed by atoms with Gasteiger partial charge < -0.3 is 21.7 Å². The van der Waals surface area contributed by atoms with Crippen LogP contribution in [-0.2, 0) is 20.8 Å². The van der Waals surface area contributed by atoms with Gasteiger partial charge in [0.15, 0.2) is 5.78 Å². The Morgan fingerprint density at radius 3 is 2.33 bits per heavy atom. The maximum Gasteiger partial charge on any atom is 0.251 e. The fourth-order valence-electron chi connectivity index (χ4n) is 4.15. The summed E-state index contributed by atoms with van der Waals surface area (Å²) in [6.07, 6.45) is 9.18. The van der Waals surface area contributed by atoms with Gasteiger partial charge >= 0.3 is 0 Å². The van der Waals surface area contributed by atoms with Crippen molar-refractivity contribution in [1.29, 1.82) is 0 Å². The normalized spacial score (nSPS) is 12.0. The number of rotatable bonds is 20. The van der Waals surface area contributed by atoms with E-state index in [-0.39, 0.29) is 23.5 Å². The second kappa shape index (κ2) is 19.1. The van der Waals surface area contributed by atoms with Crippen molar-refractivity contribution < 1.29 is 19.2 Å². The number of Topliss-reactive ketones (excluding diaryl/α,β-unsaturated/α-hetero) is 1. The van der Waals surface area contributed by atoms with Crippen LogP contribution in [0.15, 0.2) is 35.5 Å².